The van der Waals surface area contributed by atoms with E-state index in [9.17, 15) is 14.5 Å². The third-order valence-electron chi connectivity index (χ3n) is 4.85. The molecule has 28 heavy (non-hydrogen) atoms. The Morgan fingerprint density at radius 3 is 2.93 bits per heavy atom. The van der Waals surface area contributed by atoms with E-state index in [1.807, 2.05) is 25.1 Å². The Labute approximate surface area is 161 Å². The molecule has 0 radical (unpaired) electrons. The van der Waals surface area contributed by atoms with Crippen LogP contribution in [0.5, 0.6) is 5.75 Å². The molecule has 9 nitrogen and oxygen atoms in total. The van der Waals surface area contributed by atoms with Crippen LogP contribution < -0.4 is 15.8 Å². The van der Waals surface area contributed by atoms with Crippen LogP contribution in [-0.2, 0) is 20.4 Å². The summed E-state index contributed by atoms with van der Waals surface area (Å²) in [7, 11) is -3.49. The molecule has 0 bridgehead atoms. The van der Waals surface area contributed by atoms with Gasteiger partial charge in [0.25, 0.3) is 5.56 Å². The summed E-state index contributed by atoms with van der Waals surface area (Å²) < 4.78 is 23.9. The molecule has 0 spiro atoms. The van der Waals surface area contributed by atoms with E-state index in [1.54, 1.807) is 6.92 Å². The Morgan fingerprint density at radius 1 is 1.29 bits per heavy atom. The molecule has 2 aliphatic rings. The number of benzene rings is 1. The van der Waals surface area contributed by atoms with Crippen molar-refractivity contribution in [1.29, 1.82) is 0 Å². The van der Waals surface area contributed by atoms with Crippen LogP contribution in [0.4, 0.5) is 0 Å². The highest BCUT2D eigenvalue weighted by molar-refractivity contribution is 7.55. The number of hydrogen-bond acceptors (Lipinski definition) is 7. The Bertz CT molecular complexity index is 1000. The van der Waals surface area contributed by atoms with Gasteiger partial charge in [-0.3, -0.25) is 18.9 Å². The number of aryl methyl sites for hydroxylation is 2. The normalized spacial score (nSPS) is 26.7. The van der Waals surface area contributed by atoms with E-state index in [1.165, 1.54) is 10.8 Å². The van der Waals surface area contributed by atoms with Gasteiger partial charge in [0.2, 0.25) is 0 Å². The molecule has 3 heterocycles. The van der Waals surface area contributed by atoms with Crippen LogP contribution in [0.1, 0.15) is 35.8 Å². The van der Waals surface area contributed by atoms with Gasteiger partial charge in [-0.25, -0.2) is 4.79 Å². The lowest BCUT2D eigenvalue weighted by Crippen LogP contribution is -2.33. The quantitative estimate of drug-likeness (QED) is 0.744. The number of nitrogens with one attached hydrogen (secondary N) is 1. The molecule has 1 aromatic carbocycles. The molecule has 1 fully saturated rings. The first kappa shape index (κ1) is 19.3. The van der Waals surface area contributed by atoms with Gasteiger partial charge in [0.05, 0.1) is 6.10 Å². The van der Waals surface area contributed by atoms with Gasteiger partial charge in [-0.1, -0.05) is 18.2 Å². The predicted molar refractivity (Wildman–Crippen MR) is 101 cm³/mol. The van der Waals surface area contributed by atoms with E-state index in [-0.39, 0.29) is 19.3 Å². The Morgan fingerprint density at radius 2 is 2.11 bits per heavy atom. The zero-order chi connectivity index (χ0) is 19.9. The average molecular weight is 409 g/mol. The van der Waals surface area contributed by atoms with Crippen LogP contribution in [0.2, 0.25) is 0 Å². The van der Waals surface area contributed by atoms with Crippen LogP contribution in [-0.4, -0.2) is 27.2 Å². The maximum Gasteiger partial charge on any atom is 0.619 e. The second-order valence-corrected chi connectivity index (χ2v) is 8.60. The van der Waals surface area contributed by atoms with Crippen molar-refractivity contribution in [2.75, 3.05) is 6.61 Å². The molecule has 4 rings (SSSR count). The first-order chi connectivity index (χ1) is 13.3. The number of H-pyrrole nitrogens is 1. The molecule has 2 aromatic rings. The smallest absolute Gasteiger partial charge is 0.352 e. The van der Waals surface area contributed by atoms with Crippen LogP contribution in [0.15, 0.2) is 34.0 Å². The topological polar surface area (TPSA) is 112 Å². The van der Waals surface area contributed by atoms with Crippen LogP contribution >= 0.6 is 8.17 Å². The van der Waals surface area contributed by atoms with E-state index in [0.717, 1.165) is 11.1 Å². The van der Waals surface area contributed by atoms with Gasteiger partial charge < -0.3 is 4.74 Å². The summed E-state index contributed by atoms with van der Waals surface area (Å²) in [6.07, 6.45) is 1.87. The highest BCUT2D eigenvalue weighted by Crippen LogP contribution is 2.62. The van der Waals surface area contributed by atoms with Crippen molar-refractivity contribution in [3.8, 4) is 5.75 Å². The minimum absolute atomic E-state index is 0.0685. The van der Waals surface area contributed by atoms with E-state index >= 15 is 0 Å². The molecule has 150 valence electrons. The minimum Gasteiger partial charge on any atom is -0.352 e. The molecule has 3 atom stereocenters. The van der Waals surface area contributed by atoms with Crippen LogP contribution in [0.25, 0.3) is 0 Å². The van der Waals surface area contributed by atoms with Crippen molar-refractivity contribution in [3.05, 3.63) is 61.9 Å². The SMILES string of the molecule is Cc1cccc2c1O[P+](O)(OCC1CCC(n3cc(C)c(=O)[nH]c3=O)O1)OC2. The Hall–Kier alpha value is -2.03. The maximum atomic E-state index is 12.0. The number of ether oxygens (including phenoxy) is 1. The first-order valence-electron chi connectivity index (χ1n) is 9.01. The minimum atomic E-state index is -3.49. The molecule has 10 heteroatoms. The summed E-state index contributed by atoms with van der Waals surface area (Å²) in [5.74, 6) is 0.588. The fourth-order valence-electron chi connectivity index (χ4n) is 3.31. The number of aromatic amines is 1. The van der Waals surface area contributed by atoms with Crippen molar-refractivity contribution in [3.63, 3.8) is 0 Å². The van der Waals surface area contributed by atoms with Gasteiger partial charge in [0.15, 0.2) is 5.75 Å². The predicted octanol–water partition coefficient (Wildman–Crippen LogP) is 2.13. The van der Waals surface area contributed by atoms with Crippen molar-refractivity contribution < 1.29 is 23.2 Å². The van der Waals surface area contributed by atoms with Crippen molar-refractivity contribution in [1.82, 2.24) is 9.55 Å². The van der Waals surface area contributed by atoms with Crippen molar-refractivity contribution >= 4 is 8.17 Å². The summed E-state index contributed by atoms with van der Waals surface area (Å²) in [5, 5.41) is 0. The zero-order valence-corrected chi connectivity index (χ0v) is 16.5. The van der Waals surface area contributed by atoms with Gasteiger partial charge in [-0.05, 0) is 32.3 Å². The highest BCUT2D eigenvalue weighted by Gasteiger charge is 2.51. The number of hydrogen-bond donors (Lipinski definition) is 2. The number of aromatic nitrogens is 2. The third-order valence-corrected chi connectivity index (χ3v) is 6.19. The second-order valence-electron chi connectivity index (χ2n) is 6.96. The molecule has 0 amide bonds. The van der Waals surface area contributed by atoms with Crippen molar-refractivity contribution in [2.45, 2.75) is 45.6 Å². The van der Waals surface area contributed by atoms with E-state index < -0.39 is 25.6 Å². The summed E-state index contributed by atoms with van der Waals surface area (Å²) in [4.78, 5) is 36.4. The number of rotatable bonds is 4. The summed E-state index contributed by atoms with van der Waals surface area (Å²) in [6, 6.07) is 5.67. The number of nitrogens with zero attached hydrogens (tertiary/aromatic N) is 1. The Kier molecular flexibility index (Phi) is 5.11. The maximum absolute atomic E-state index is 12.0. The molecule has 1 aromatic heterocycles. The lowest BCUT2D eigenvalue weighted by atomic mass is 10.1. The average Bonchev–Trinajstić information content (AvgIpc) is 3.13. The van der Waals surface area contributed by atoms with Gasteiger partial charge >= 0.3 is 13.9 Å². The molecule has 0 aliphatic carbocycles. The van der Waals surface area contributed by atoms with Crippen LogP contribution in [0, 0.1) is 13.8 Å². The lowest BCUT2D eigenvalue weighted by Gasteiger charge is -2.23. The fourth-order valence-corrected chi connectivity index (χ4v) is 4.63. The number of para-hydroxylation sites is 1. The zero-order valence-electron chi connectivity index (χ0n) is 15.6. The molecule has 2 aliphatic heterocycles. The van der Waals surface area contributed by atoms with Gasteiger partial charge in [-0.15, -0.1) is 9.05 Å². The van der Waals surface area contributed by atoms with E-state index in [0.29, 0.717) is 24.2 Å². The second kappa shape index (κ2) is 7.42. The van der Waals surface area contributed by atoms with Gasteiger partial charge in [0.1, 0.15) is 19.4 Å². The molecule has 1 saturated heterocycles. The molecular formula is C18H22N2O7P+. The molecule has 0 saturated carbocycles. The third kappa shape index (κ3) is 3.76. The van der Waals surface area contributed by atoms with Crippen LogP contribution in [0.3, 0.4) is 0 Å². The summed E-state index contributed by atoms with van der Waals surface area (Å²) in [5.41, 5.74) is 1.26. The van der Waals surface area contributed by atoms with Crippen molar-refractivity contribution in [2.24, 2.45) is 0 Å². The summed E-state index contributed by atoms with van der Waals surface area (Å²) >= 11 is 0. The standard InChI is InChI=1S/C18H21N2O7P/c1-11-4-3-5-13-9-24-28(23,27-16(11)13)25-10-14-6-7-15(26-14)20-8-12(2)17(21)19-18(20)22/h3-5,8,14-15,23H,6-7,9-10H2,1-2H3/p+1. The molecular weight excluding hydrogens is 387 g/mol. The molecule has 3 unspecified atom stereocenters. The van der Waals surface area contributed by atoms with Gasteiger partial charge in [0, 0.05) is 17.3 Å². The lowest BCUT2D eigenvalue weighted by molar-refractivity contribution is -0.0302. The van der Waals surface area contributed by atoms with Gasteiger partial charge in [-0.2, -0.15) is 4.89 Å². The first-order valence-corrected chi connectivity index (χ1v) is 10.5. The largest absolute Gasteiger partial charge is 0.619 e. The number of fused-ring (bicyclic) bond motifs is 1. The monoisotopic (exact) mass is 409 g/mol. The molecule has 2 N–H and O–H groups in total. The van der Waals surface area contributed by atoms with E-state index in [4.69, 9.17) is 18.3 Å². The Balaban J connectivity index is 1.39. The van der Waals surface area contributed by atoms with E-state index in [2.05, 4.69) is 4.98 Å². The summed E-state index contributed by atoms with van der Waals surface area (Å²) in [6.45, 7) is 3.80. The highest BCUT2D eigenvalue weighted by atomic mass is 31.2. The fraction of sp³-hybridized carbons (Fsp3) is 0.444.